The Labute approximate surface area is 164 Å². The predicted octanol–water partition coefficient (Wildman–Crippen LogP) is 4.18. The van der Waals surface area contributed by atoms with E-state index in [0.29, 0.717) is 0 Å². The lowest BCUT2D eigenvalue weighted by atomic mass is 9.98. The number of fused-ring (bicyclic) bond motifs is 3. The van der Waals surface area contributed by atoms with Gasteiger partial charge in [-0.1, -0.05) is 48.5 Å². The molecule has 8 heteroatoms. The van der Waals surface area contributed by atoms with Crippen LogP contribution in [0.25, 0.3) is 11.1 Å². The molecular weight excluding hydrogens is 387 g/mol. The molecule has 1 saturated carbocycles. The van der Waals surface area contributed by atoms with Crippen LogP contribution in [0.3, 0.4) is 0 Å². The van der Waals surface area contributed by atoms with Gasteiger partial charge in [0.05, 0.1) is 11.3 Å². The van der Waals surface area contributed by atoms with Gasteiger partial charge in [0.1, 0.15) is 6.61 Å². The molecule has 0 radical (unpaired) electrons. The molecule has 2 N–H and O–H groups in total. The molecule has 1 amide bonds. The van der Waals surface area contributed by atoms with Crippen molar-refractivity contribution in [3.05, 3.63) is 59.7 Å². The van der Waals surface area contributed by atoms with Gasteiger partial charge in [0.25, 0.3) is 0 Å². The molecule has 2 aromatic rings. The van der Waals surface area contributed by atoms with E-state index in [1.54, 1.807) is 0 Å². The molecule has 1 fully saturated rings. The van der Waals surface area contributed by atoms with Crippen molar-refractivity contribution in [1.82, 2.24) is 5.32 Å². The van der Waals surface area contributed by atoms with E-state index in [0.717, 1.165) is 22.3 Å². The number of benzene rings is 2. The van der Waals surface area contributed by atoms with E-state index in [4.69, 9.17) is 4.74 Å². The van der Waals surface area contributed by atoms with Crippen LogP contribution in [0.5, 0.6) is 0 Å². The van der Waals surface area contributed by atoms with Crippen LogP contribution in [0.1, 0.15) is 23.5 Å². The molecule has 2 atom stereocenters. The van der Waals surface area contributed by atoms with Crippen LogP contribution in [0.4, 0.5) is 18.0 Å². The second-order valence-corrected chi connectivity index (χ2v) is 7.44. The number of hydrogen-bond donors (Lipinski definition) is 2. The second-order valence-electron chi connectivity index (χ2n) is 7.44. The molecule has 0 heterocycles. The summed E-state index contributed by atoms with van der Waals surface area (Å²) in [5.74, 6) is -3.72. The number of carbonyl (C=O) groups is 2. The number of amides is 1. The van der Waals surface area contributed by atoms with Gasteiger partial charge in [-0.2, -0.15) is 13.2 Å². The van der Waals surface area contributed by atoms with Crippen LogP contribution in [0.15, 0.2) is 48.5 Å². The number of hydrogen-bond acceptors (Lipinski definition) is 3. The summed E-state index contributed by atoms with van der Waals surface area (Å²) in [4.78, 5) is 23.4. The van der Waals surface area contributed by atoms with Gasteiger partial charge in [-0.15, -0.1) is 0 Å². The van der Waals surface area contributed by atoms with Gasteiger partial charge in [0, 0.05) is 12.5 Å². The van der Waals surface area contributed by atoms with Crippen molar-refractivity contribution in [2.24, 2.45) is 11.3 Å². The Bertz CT molecular complexity index is 929. The Hall–Kier alpha value is -3.03. The van der Waals surface area contributed by atoms with Crippen LogP contribution in [0.2, 0.25) is 0 Å². The largest absolute Gasteiger partial charge is 0.481 e. The van der Waals surface area contributed by atoms with Crippen LogP contribution in [0, 0.1) is 11.3 Å². The van der Waals surface area contributed by atoms with Crippen LogP contribution in [-0.2, 0) is 9.53 Å². The van der Waals surface area contributed by atoms with E-state index in [1.165, 1.54) is 0 Å². The first-order chi connectivity index (χ1) is 13.7. The van der Waals surface area contributed by atoms with Gasteiger partial charge in [0.2, 0.25) is 0 Å². The number of carboxylic acid groups (broad SMARTS) is 1. The van der Waals surface area contributed by atoms with E-state index in [-0.39, 0.29) is 12.5 Å². The molecule has 0 aromatic heterocycles. The van der Waals surface area contributed by atoms with Gasteiger partial charge < -0.3 is 15.2 Å². The van der Waals surface area contributed by atoms with Crippen molar-refractivity contribution in [3.8, 4) is 11.1 Å². The minimum absolute atomic E-state index is 0.00261. The molecule has 2 aliphatic carbocycles. The number of carboxylic acids is 1. The molecular formula is C21H18F3NO4. The number of ether oxygens (including phenoxy) is 1. The summed E-state index contributed by atoms with van der Waals surface area (Å²) in [6.07, 6.45) is -6.09. The number of nitrogens with one attached hydrogen (secondary N) is 1. The fourth-order valence-electron chi connectivity index (χ4n) is 4.12. The van der Waals surface area contributed by atoms with E-state index in [1.807, 2.05) is 48.5 Å². The third kappa shape index (κ3) is 3.32. The minimum atomic E-state index is -4.61. The van der Waals surface area contributed by atoms with Crippen molar-refractivity contribution >= 4 is 12.1 Å². The van der Waals surface area contributed by atoms with Crippen LogP contribution >= 0.6 is 0 Å². The zero-order valence-corrected chi connectivity index (χ0v) is 15.2. The fourth-order valence-corrected chi connectivity index (χ4v) is 4.12. The van der Waals surface area contributed by atoms with Crippen molar-refractivity contribution in [3.63, 3.8) is 0 Å². The summed E-state index contributed by atoms with van der Waals surface area (Å²) >= 11 is 0. The Morgan fingerprint density at radius 2 is 1.62 bits per heavy atom. The number of alkyl carbamates (subject to hydrolysis) is 1. The smallest absolute Gasteiger partial charge is 0.407 e. The quantitative estimate of drug-likeness (QED) is 0.783. The lowest BCUT2D eigenvalue weighted by Crippen LogP contribution is -2.38. The van der Waals surface area contributed by atoms with Gasteiger partial charge >= 0.3 is 18.2 Å². The molecule has 0 bridgehead atoms. The maximum atomic E-state index is 12.8. The van der Waals surface area contributed by atoms with Crippen molar-refractivity contribution in [2.45, 2.75) is 18.5 Å². The molecule has 152 valence electrons. The maximum absolute atomic E-state index is 12.8. The number of aliphatic carboxylic acids is 1. The summed E-state index contributed by atoms with van der Waals surface area (Å²) < 4.78 is 43.8. The summed E-state index contributed by atoms with van der Waals surface area (Å²) in [7, 11) is 0. The van der Waals surface area contributed by atoms with E-state index >= 15 is 0 Å². The van der Waals surface area contributed by atoms with Gasteiger partial charge in [-0.3, -0.25) is 4.79 Å². The molecule has 2 aromatic carbocycles. The fraction of sp³-hybridized carbons (Fsp3) is 0.333. The van der Waals surface area contributed by atoms with Crippen molar-refractivity contribution in [2.75, 3.05) is 13.2 Å². The van der Waals surface area contributed by atoms with Crippen LogP contribution < -0.4 is 5.32 Å². The number of alkyl halides is 3. The molecule has 2 unspecified atom stereocenters. The van der Waals surface area contributed by atoms with E-state index < -0.39 is 42.5 Å². The Kier molecular flexibility index (Phi) is 4.52. The molecule has 0 spiro atoms. The Morgan fingerprint density at radius 3 is 2.10 bits per heavy atom. The van der Waals surface area contributed by atoms with Crippen molar-refractivity contribution < 1.29 is 32.6 Å². The molecule has 5 nitrogen and oxygen atoms in total. The second kappa shape index (κ2) is 6.79. The summed E-state index contributed by atoms with van der Waals surface area (Å²) in [6.45, 7) is -0.619. The van der Waals surface area contributed by atoms with E-state index in [2.05, 4.69) is 5.32 Å². The number of carbonyl (C=O) groups excluding carboxylic acids is 1. The van der Waals surface area contributed by atoms with Gasteiger partial charge in [0.15, 0.2) is 0 Å². The molecule has 4 rings (SSSR count). The highest BCUT2D eigenvalue weighted by Gasteiger charge is 2.71. The summed E-state index contributed by atoms with van der Waals surface area (Å²) in [5.41, 5.74) is 2.09. The highest BCUT2D eigenvalue weighted by molar-refractivity contribution is 5.81. The lowest BCUT2D eigenvalue weighted by Gasteiger charge is -2.17. The normalized spacial score (nSPS) is 22.5. The first-order valence-corrected chi connectivity index (χ1v) is 9.13. The third-order valence-corrected chi connectivity index (χ3v) is 5.79. The monoisotopic (exact) mass is 405 g/mol. The molecule has 0 aliphatic heterocycles. The SMILES string of the molecule is O=C(NCC1(C(=O)O)CC1C(F)(F)F)OCC1c2ccccc2-c2ccccc21. The molecule has 29 heavy (non-hydrogen) atoms. The number of halogens is 3. The standard InChI is InChI=1S/C21H18F3NO4/c22-21(23,24)17-9-20(17,18(26)27)11-25-19(28)29-10-16-14-7-3-1-5-12(14)13-6-2-4-8-15(13)16/h1-8,16-17H,9-11H2,(H,25,28)(H,26,27). The van der Waals surface area contributed by atoms with Gasteiger partial charge in [-0.25, -0.2) is 4.79 Å². The van der Waals surface area contributed by atoms with Gasteiger partial charge in [-0.05, 0) is 28.7 Å². The Morgan fingerprint density at radius 1 is 1.07 bits per heavy atom. The van der Waals surface area contributed by atoms with Crippen LogP contribution in [-0.4, -0.2) is 36.5 Å². The molecule has 0 saturated heterocycles. The maximum Gasteiger partial charge on any atom is 0.407 e. The first-order valence-electron chi connectivity index (χ1n) is 9.13. The average molecular weight is 405 g/mol. The minimum Gasteiger partial charge on any atom is -0.481 e. The predicted molar refractivity (Wildman–Crippen MR) is 97.3 cm³/mol. The number of rotatable bonds is 5. The molecule has 2 aliphatic rings. The van der Waals surface area contributed by atoms with Crippen molar-refractivity contribution in [1.29, 1.82) is 0 Å². The lowest BCUT2D eigenvalue weighted by molar-refractivity contribution is -0.168. The zero-order valence-electron chi connectivity index (χ0n) is 15.2. The van der Waals surface area contributed by atoms with E-state index in [9.17, 15) is 27.9 Å². The Balaban J connectivity index is 1.40. The summed E-state index contributed by atoms with van der Waals surface area (Å²) in [6, 6.07) is 15.5. The highest BCUT2D eigenvalue weighted by atomic mass is 19.4. The highest BCUT2D eigenvalue weighted by Crippen LogP contribution is 2.60. The summed E-state index contributed by atoms with van der Waals surface area (Å²) in [5, 5.41) is 11.4. The average Bonchev–Trinajstić information content (AvgIpc) is 3.37. The third-order valence-electron chi connectivity index (χ3n) is 5.79. The zero-order chi connectivity index (χ0) is 20.8. The first kappa shape index (κ1) is 19.3. The topological polar surface area (TPSA) is 75.6 Å².